The lowest BCUT2D eigenvalue weighted by Crippen LogP contribution is -2.47. The van der Waals surface area contributed by atoms with E-state index in [1.54, 1.807) is 20.8 Å². The van der Waals surface area contributed by atoms with Crippen LogP contribution in [0.3, 0.4) is 0 Å². The van der Waals surface area contributed by atoms with Gasteiger partial charge in [0.15, 0.2) is 0 Å². The molecule has 1 atom stereocenters. The van der Waals surface area contributed by atoms with Crippen molar-refractivity contribution in [1.82, 2.24) is 0 Å². The number of aliphatic hydroxyl groups is 1. The van der Waals surface area contributed by atoms with E-state index in [0.29, 0.717) is 0 Å². The Morgan fingerprint density at radius 2 is 1.70 bits per heavy atom. The van der Waals surface area contributed by atoms with Gasteiger partial charge in [0.25, 0.3) is 0 Å². The summed E-state index contributed by atoms with van der Waals surface area (Å²) in [7, 11) is 0. The number of carbonyl (C=O) groups is 1. The van der Waals surface area contributed by atoms with E-state index < -0.39 is 9.93 Å². The van der Waals surface area contributed by atoms with Crippen molar-refractivity contribution in [2.45, 2.75) is 37.6 Å². The van der Waals surface area contributed by atoms with Crippen LogP contribution < -0.4 is 0 Å². The highest BCUT2D eigenvalue weighted by molar-refractivity contribution is 9.10. The van der Waals surface area contributed by atoms with Gasteiger partial charge in [0.2, 0.25) is 0 Å². The van der Waals surface area contributed by atoms with Crippen LogP contribution in [0.2, 0.25) is 0 Å². The first-order chi connectivity index (χ1) is 4.19. The molecule has 0 saturated heterocycles. The van der Waals surface area contributed by atoms with Gasteiger partial charge in [-0.05, 0) is 27.7 Å². The lowest BCUT2D eigenvalue weighted by Gasteiger charge is -2.32. The zero-order valence-corrected chi connectivity index (χ0v) is 8.32. The van der Waals surface area contributed by atoms with Gasteiger partial charge in [-0.15, -0.1) is 0 Å². The van der Waals surface area contributed by atoms with Crippen LogP contribution in [0.4, 0.5) is 0 Å². The van der Waals surface area contributed by atoms with Crippen molar-refractivity contribution in [2.75, 3.05) is 0 Å². The molecule has 0 aromatic rings. The van der Waals surface area contributed by atoms with Crippen LogP contribution in [0.25, 0.3) is 0 Å². The van der Waals surface area contributed by atoms with Gasteiger partial charge in [-0.3, -0.25) is 4.79 Å². The van der Waals surface area contributed by atoms with Gasteiger partial charge in [-0.2, -0.15) is 0 Å². The van der Waals surface area contributed by atoms with Gasteiger partial charge in [0.1, 0.15) is 10.1 Å². The molecule has 1 unspecified atom stereocenters. The minimum atomic E-state index is -1.02. The van der Waals surface area contributed by atoms with Gasteiger partial charge in [0.05, 0.1) is 5.60 Å². The van der Waals surface area contributed by atoms with Crippen LogP contribution in [0.1, 0.15) is 27.7 Å². The summed E-state index contributed by atoms with van der Waals surface area (Å²) < 4.78 is -0.833. The van der Waals surface area contributed by atoms with Crippen molar-refractivity contribution in [3.8, 4) is 0 Å². The molecular weight excluding hydrogens is 196 g/mol. The quantitative estimate of drug-likeness (QED) is 0.699. The molecular formula is C7H13BrO2. The lowest BCUT2D eigenvalue weighted by molar-refractivity contribution is -0.123. The molecule has 0 aromatic heterocycles. The summed E-state index contributed by atoms with van der Waals surface area (Å²) >= 11 is 3.17. The Morgan fingerprint density at radius 1 is 1.40 bits per heavy atom. The molecule has 1 N–H and O–H groups in total. The number of alkyl halides is 1. The molecule has 0 aromatic carbocycles. The molecule has 0 amide bonds. The maximum Gasteiger partial charge on any atom is 0.149 e. The Kier molecular flexibility index (Phi) is 2.65. The third kappa shape index (κ3) is 1.80. The first-order valence-electron chi connectivity index (χ1n) is 3.12. The average Bonchev–Trinajstić information content (AvgIpc) is 1.62. The first kappa shape index (κ1) is 10.1. The second-order valence-corrected chi connectivity index (χ2v) is 4.70. The van der Waals surface area contributed by atoms with Crippen molar-refractivity contribution >= 4 is 21.7 Å². The second kappa shape index (κ2) is 2.62. The van der Waals surface area contributed by atoms with Crippen LogP contribution in [0, 0.1) is 0 Å². The highest BCUT2D eigenvalue weighted by Crippen LogP contribution is 2.31. The molecule has 0 radical (unpaired) electrons. The van der Waals surface area contributed by atoms with Crippen LogP contribution >= 0.6 is 15.9 Å². The standard InChI is InChI=1S/C7H13BrO2/c1-5(9)7(4,8)6(2,3)10/h10H,1-4H3. The number of hydrogen-bond acceptors (Lipinski definition) is 2. The molecule has 0 rings (SSSR count). The van der Waals surface area contributed by atoms with Crippen molar-refractivity contribution in [3.05, 3.63) is 0 Å². The van der Waals surface area contributed by atoms with E-state index in [4.69, 9.17) is 0 Å². The summed E-state index contributed by atoms with van der Waals surface area (Å²) in [5, 5.41) is 9.45. The molecule has 0 bridgehead atoms. The summed E-state index contributed by atoms with van der Waals surface area (Å²) in [6.45, 7) is 6.31. The summed E-state index contributed by atoms with van der Waals surface area (Å²) in [5.41, 5.74) is -1.02. The molecule has 2 nitrogen and oxygen atoms in total. The summed E-state index contributed by atoms with van der Waals surface area (Å²) in [6, 6.07) is 0. The van der Waals surface area contributed by atoms with E-state index >= 15 is 0 Å². The van der Waals surface area contributed by atoms with E-state index in [1.165, 1.54) is 6.92 Å². The molecule has 0 aliphatic heterocycles. The van der Waals surface area contributed by atoms with E-state index in [1.807, 2.05) is 0 Å². The summed E-state index contributed by atoms with van der Waals surface area (Å²) in [4.78, 5) is 10.9. The zero-order chi connectivity index (χ0) is 8.58. The summed E-state index contributed by atoms with van der Waals surface area (Å²) in [5.74, 6) is -0.0694. The van der Waals surface area contributed by atoms with Crippen molar-refractivity contribution in [2.24, 2.45) is 0 Å². The topological polar surface area (TPSA) is 37.3 Å². The number of Topliss-reactive ketones (excluding diaryl/α,β-unsaturated/α-hetero) is 1. The number of rotatable bonds is 2. The van der Waals surface area contributed by atoms with Crippen molar-refractivity contribution in [1.29, 1.82) is 0 Å². The number of hydrogen-bond donors (Lipinski definition) is 1. The van der Waals surface area contributed by atoms with Crippen LogP contribution in [0.15, 0.2) is 0 Å². The summed E-state index contributed by atoms with van der Waals surface area (Å²) in [6.07, 6.45) is 0. The first-order valence-corrected chi connectivity index (χ1v) is 3.91. The van der Waals surface area contributed by atoms with E-state index in [9.17, 15) is 9.90 Å². The third-order valence-electron chi connectivity index (χ3n) is 1.81. The van der Waals surface area contributed by atoms with E-state index in [-0.39, 0.29) is 5.78 Å². The van der Waals surface area contributed by atoms with Gasteiger partial charge < -0.3 is 5.11 Å². The highest BCUT2D eigenvalue weighted by atomic mass is 79.9. The molecule has 0 spiro atoms. The minimum absolute atomic E-state index is 0.0694. The monoisotopic (exact) mass is 208 g/mol. The van der Waals surface area contributed by atoms with Gasteiger partial charge in [0, 0.05) is 0 Å². The van der Waals surface area contributed by atoms with E-state index in [0.717, 1.165) is 0 Å². The highest BCUT2D eigenvalue weighted by Gasteiger charge is 2.41. The number of halogens is 1. The number of carbonyl (C=O) groups excluding carboxylic acids is 1. The Labute approximate surface area is 69.8 Å². The van der Waals surface area contributed by atoms with Gasteiger partial charge >= 0.3 is 0 Å². The Bertz CT molecular complexity index is 144. The predicted molar refractivity (Wildman–Crippen MR) is 44.3 cm³/mol. The lowest BCUT2D eigenvalue weighted by atomic mass is 9.89. The van der Waals surface area contributed by atoms with Crippen molar-refractivity contribution in [3.63, 3.8) is 0 Å². The Hall–Kier alpha value is 0.110. The fraction of sp³-hybridized carbons (Fsp3) is 0.857. The average molecular weight is 209 g/mol. The largest absolute Gasteiger partial charge is 0.389 e. The SMILES string of the molecule is CC(=O)C(C)(Br)C(C)(C)O. The van der Waals surface area contributed by atoms with Gasteiger partial charge in [-0.1, -0.05) is 15.9 Å². The minimum Gasteiger partial charge on any atom is -0.389 e. The fourth-order valence-electron chi connectivity index (χ4n) is 0.431. The molecule has 3 heteroatoms. The normalized spacial score (nSPS) is 18.2. The Balaban J connectivity index is 4.57. The maximum absolute atomic E-state index is 10.9. The second-order valence-electron chi connectivity index (χ2n) is 3.12. The van der Waals surface area contributed by atoms with Gasteiger partial charge in [-0.25, -0.2) is 0 Å². The predicted octanol–water partition coefficient (Wildman–Crippen LogP) is 1.50. The maximum atomic E-state index is 10.9. The molecule has 10 heavy (non-hydrogen) atoms. The third-order valence-corrected chi connectivity index (χ3v) is 3.34. The van der Waals surface area contributed by atoms with Crippen molar-refractivity contribution < 1.29 is 9.90 Å². The molecule has 0 heterocycles. The van der Waals surface area contributed by atoms with Crippen LogP contribution in [-0.4, -0.2) is 20.8 Å². The zero-order valence-electron chi connectivity index (χ0n) is 6.73. The molecule has 0 aliphatic rings. The molecule has 0 fully saturated rings. The Morgan fingerprint density at radius 3 is 1.70 bits per heavy atom. The fourth-order valence-corrected chi connectivity index (χ4v) is 0.431. The van der Waals surface area contributed by atoms with E-state index in [2.05, 4.69) is 15.9 Å². The van der Waals surface area contributed by atoms with Crippen LogP contribution in [0.5, 0.6) is 0 Å². The molecule has 0 aliphatic carbocycles. The smallest absolute Gasteiger partial charge is 0.149 e. The molecule has 0 saturated carbocycles. The van der Waals surface area contributed by atoms with Crippen LogP contribution in [-0.2, 0) is 4.79 Å². The number of ketones is 1. The molecule has 60 valence electrons.